The number of aromatic nitrogens is 2. The van der Waals surface area contributed by atoms with Crippen molar-refractivity contribution in [3.8, 4) is 0 Å². The Morgan fingerprint density at radius 1 is 0.398 bits per heavy atom. The third kappa shape index (κ3) is 28.4. The standard InChI is InChI=1S/C50H68N10O4.4C2H2O4/c1-57(35-19-9-5-15-29-51-37-45(61)59-43-27-13-11-25-41(43)55-49(63)39-23-21-31-53-47(39)59)33-17-7-3-4-8-18-34-58(2)36-20-10-6-16-30-52-38-46(62)60-44-28-14-12-26-42(44)56-50(64)40-24-22-32-54-48(40)60;4*3-1(4)2(5)6/h11-14,21-28,31-32,51-52H,3-10,15-20,29-30,33-38H2,1-2H3,(H,55,63)(H,56,64);4*(H,3,4)(H,5,6). The van der Waals surface area contributed by atoms with Crippen LogP contribution < -0.4 is 31.1 Å². The van der Waals surface area contributed by atoms with E-state index < -0.39 is 47.8 Å². The summed E-state index contributed by atoms with van der Waals surface area (Å²) >= 11 is 0. The van der Waals surface area contributed by atoms with Crippen molar-refractivity contribution in [1.29, 1.82) is 0 Å². The molecule has 2 aromatic heterocycles. The second-order valence-electron chi connectivity index (χ2n) is 19.5. The molecule has 0 saturated carbocycles. The molecule has 12 N–H and O–H groups in total. The molecule has 0 spiro atoms. The third-order valence-electron chi connectivity index (χ3n) is 12.7. The Balaban J connectivity index is 0.000000925. The molecule has 0 unspecified atom stereocenters. The molecule has 2 aliphatic heterocycles. The summed E-state index contributed by atoms with van der Waals surface area (Å²) in [6, 6.07) is 21.5. The van der Waals surface area contributed by atoms with Gasteiger partial charge in [0.15, 0.2) is 11.6 Å². The molecule has 0 saturated heterocycles. The van der Waals surface area contributed by atoms with Crippen LogP contribution in [-0.4, -0.2) is 198 Å². The Morgan fingerprint density at radius 2 is 0.670 bits per heavy atom. The highest BCUT2D eigenvalue weighted by molar-refractivity contribution is 6.28. The van der Waals surface area contributed by atoms with Gasteiger partial charge < -0.3 is 71.9 Å². The van der Waals surface area contributed by atoms with Gasteiger partial charge in [-0.3, -0.25) is 29.0 Å². The van der Waals surface area contributed by atoms with Crippen molar-refractivity contribution in [2.45, 2.75) is 89.9 Å². The number of pyridine rings is 2. The van der Waals surface area contributed by atoms with Gasteiger partial charge in [-0.05, 0) is 140 Å². The van der Waals surface area contributed by atoms with E-state index >= 15 is 0 Å². The summed E-state index contributed by atoms with van der Waals surface area (Å²) in [6.45, 7) is 6.42. The monoisotopic (exact) mass is 1230 g/mol. The highest BCUT2D eigenvalue weighted by atomic mass is 16.5. The SMILES string of the molecule is CN(CCCCCCCCN(C)CCCCCCNCC(=O)N1c2ccccc2NC(=O)c2cccnc21)CCCCCCNCC(=O)N1c2ccccc2NC(=O)c2cccnc21.O=C(O)C(=O)O.O=C(O)C(=O)O.O=C(O)C(=O)O.O=C(O)C(=O)O. The molecule has 0 fully saturated rings. The molecule has 2 aliphatic rings. The van der Waals surface area contributed by atoms with E-state index in [-0.39, 0.29) is 36.7 Å². The number of nitrogens with one attached hydrogen (secondary N) is 4. The maximum Gasteiger partial charge on any atom is 0.414 e. The number of carbonyl (C=O) groups excluding carboxylic acids is 4. The fourth-order valence-electron chi connectivity index (χ4n) is 8.38. The van der Waals surface area contributed by atoms with E-state index in [9.17, 15) is 19.2 Å². The van der Waals surface area contributed by atoms with Gasteiger partial charge in [-0.25, -0.2) is 48.3 Å². The van der Waals surface area contributed by atoms with Crippen LogP contribution in [0.1, 0.15) is 111 Å². The van der Waals surface area contributed by atoms with Gasteiger partial charge in [0, 0.05) is 12.4 Å². The number of fused-ring (bicyclic) bond motifs is 4. The lowest BCUT2D eigenvalue weighted by Gasteiger charge is -2.23. The number of carboxylic acids is 8. The van der Waals surface area contributed by atoms with E-state index in [0.717, 1.165) is 65.0 Å². The zero-order chi connectivity index (χ0) is 65.6. The molecule has 6 rings (SSSR count). The van der Waals surface area contributed by atoms with Crippen LogP contribution in [0, 0.1) is 0 Å². The lowest BCUT2D eigenvalue weighted by atomic mass is 10.1. The van der Waals surface area contributed by atoms with Gasteiger partial charge in [0.25, 0.3) is 11.8 Å². The van der Waals surface area contributed by atoms with E-state index in [1.165, 1.54) is 64.2 Å². The number of nitrogens with zero attached hydrogens (tertiary/aromatic N) is 6. The van der Waals surface area contributed by atoms with Crippen molar-refractivity contribution in [3.63, 3.8) is 0 Å². The normalized spacial score (nSPS) is 11.5. The molecule has 4 aromatic rings. The number of anilines is 6. The Morgan fingerprint density at radius 3 is 0.966 bits per heavy atom. The number of para-hydroxylation sites is 4. The third-order valence-corrected chi connectivity index (χ3v) is 12.7. The Kier molecular flexibility index (Phi) is 34.9. The van der Waals surface area contributed by atoms with Crippen LogP contribution >= 0.6 is 0 Å². The van der Waals surface area contributed by atoms with Gasteiger partial charge >= 0.3 is 47.8 Å². The second kappa shape index (κ2) is 41.3. The van der Waals surface area contributed by atoms with Crippen LogP contribution in [0.5, 0.6) is 0 Å². The average molecular weight is 1230 g/mol. The summed E-state index contributed by atoms with van der Waals surface area (Å²) in [4.78, 5) is 142. The molecule has 30 heteroatoms. The van der Waals surface area contributed by atoms with Crippen LogP contribution in [-0.2, 0) is 47.9 Å². The van der Waals surface area contributed by atoms with Gasteiger partial charge in [0.05, 0.1) is 47.0 Å². The molecule has 0 atom stereocenters. The number of hydrogen-bond acceptors (Lipinski definition) is 18. The quantitative estimate of drug-likeness (QED) is 0.0283. The first-order chi connectivity index (χ1) is 41.9. The molecule has 4 heterocycles. The zero-order valence-electron chi connectivity index (χ0n) is 48.8. The van der Waals surface area contributed by atoms with E-state index in [2.05, 4.69) is 55.1 Å². The van der Waals surface area contributed by atoms with Gasteiger partial charge in [0.2, 0.25) is 11.8 Å². The topological polar surface area (TPSA) is 454 Å². The van der Waals surface area contributed by atoms with Crippen LogP contribution in [0.15, 0.2) is 85.2 Å². The maximum atomic E-state index is 13.4. The Labute approximate surface area is 506 Å². The number of aliphatic carboxylic acids is 8. The van der Waals surface area contributed by atoms with E-state index in [1.807, 2.05) is 36.4 Å². The molecule has 478 valence electrons. The number of unbranched alkanes of at least 4 members (excludes halogenated alkanes) is 11. The van der Waals surface area contributed by atoms with E-state index in [4.69, 9.17) is 79.2 Å². The number of carbonyl (C=O) groups is 12. The smallest absolute Gasteiger partial charge is 0.414 e. The van der Waals surface area contributed by atoms with Crippen LogP contribution in [0.25, 0.3) is 0 Å². The molecule has 2 aromatic carbocycles. The van der Waals surface area contributed by atoms with Crippen molar-refractivity contribution in [1.82, 2.24) is 30.4 Å². The highest BCUT2D eigenvalue weighted by Crippen LogP contribution is 2.38. The Hall–Kier alpha value is -9.78. The summed E-state index contributed by atoms with van der Waals surface area (Å²) in [5.41, 5.74) is 3.20. The number of amides is 4. The van der Waals surface area contributed by atoms with Crippen molar-refractivity contribution < 1.29 is 98.4 Å². The summed E-state index contributed by atoms with van der Waals surface area (Å²) in [5, 5.41) is 71.6. The number of hydrogen-bond donors (Lipinski definition) is 12. The van der Waals surface area contributed by atoms with Gasteiger partial charge in [-0.2, -0.15) is 0 Å². The lowest BCUT2D eigenvalue weighted by Crippen LogP contribution is -2.36. The first-order valence-corrected chi connectivity index (χ1v) is 27.9. The molecule has 30 nitrogen and oxygen atoms in total. The van der Waals surface area contributed by atoms with Crippen LogP contribution in [0.4, 0.5) is 34.4 Å². The molecule has 0 aliphatic carbocycles. The lowest BCUT2D eigenvalue weighted by molar-refractivity contribution is -0.159. The molecular formula is C58H76N10O20. The first kappa shape index (κ1) is 74.3. The Bertz CT molecular complexity index is 2710. The summed E-state index contributed by atoms with van der Waals surface area (Å²) < 4.78 is 0. The van der Waals surface area contributed by atoms with Crippen molar-refractivity contribution >= 4 is 106 Å². The fourth-order valence-corrected chi connectivity index (χ4v) is 8.38. The minimum absolute atomic E-state index is 0.145. The van der Waals surface area contributed by atoms with Crippen molar-refractivity contribution in [2.24, 2.45) is 0 Å². The summed E-state index contributed by atoms with van der Waals surface area (Å²) in [6.07, 6.45) is 19.9. The minimum Gasteiger partial charge on any atom is -0.473 e. The molecular weight excluding hydrogens is 1160 g/mol. The summed E-state index contributed by atoms with van der Waals surface area (Å²) in [7, 11) is 4.47. The zero-order valence-corrected chi connectivity index (χ0v) is 48.8. The molecule has 88 heavy (non-hydrogen) atoms. The fraction of sp³-hybridized carbons (Fsp3) is 0.414. The van der Waals surface area contributed by atoms with Crippen LogP contribution in [0.2, 0.25) is 0 Å². The van der Waals surface area contributed by atoms with Crippen molar-refractivity contribution in [3.05, 3.63) is 96.3 Å². The summed E-state index contributed by atoms with van der Waals surface area (Å²) in [5.74, 6) is -14.7. The minimum atomic E-state index is -1.82. The van der Waals surface area contributed by atoms with E-state index in [1.54, 1.807) is 58.6 Å². The van der Waals surface area contributed by atoms with Gasteiger partial charge in [0.1, 0.15) is 0 Å². The molecule has 4 amide bonds. The highest BCUT2D eigenvalue weighted by Gasteiger charge is 2.31. The van der Waals surface area contributed by atoms with Gasteiger partial charge in [-0.1, -0.05) is 75.6 Å². The van der Waals surface area contributed by atoms with Gasteiger partial charge in [-0.15, -0.1) is 0 Å². The number of carboxylic acid groups (broad SMARTS) is 8. The number of benzene rings is 2. The average Bonchev–Trinajstić information content (AvgIpc) is 1.77. The van der Waals surface area contributed by atoms with Crippen LogP contribution in [0.3, 0.4) is 0 Å². The molecule has 0 radical (unpaired) electrons. The second-order valence-corrected chi connectivity index (χ2v) is 19.5. The largest absolute Gasteiger partial charge is 0.473 e. The molecule has 0 bridgehead atoms. The number of rotatable bonds is 27. The van der Waals surface area contributed by atoms with Crippen molar-refractivity contribution in [2.75, 3.05) is 86.9 Å². The predicted molar refractivity (Wildman–Crippen MR) is 318 cm³/mol. The maximum absolute atomic E-state index is 13.4. The predicted octanol–water partition coefficient (Wildman–Crippen LogP) is 4.76. The first-order valence-electron chi connectivity index (χ1n) is 27.9. The van der Waals surface area contributed by atoms with E-state index in [0.29, 0.717) is 45.5 Å².